The molecule has 1 aromatic heterocycles. The van der Waals surface area contributed by atoms with Gasteiger partial charge in [0.25, 0.3) is 0 Å². The number of halogens is 1. The van der Waals surface area contributed by atoms with Crippen LogP contribution in [0.1, 0.15) is 11.1 Å². The predicted molar refractivity (Wildman–Crippen MR) is 78.9 cm³/mol. The summed E-state index contributed by atoms with van der Waals surface area (Å²) in [4.78, 5) is 3.95. The van der Waals surface area contributed by atoms with E-state index in [4.69, 9.17) is 31.5 Å². The predicted octanol–water partition coefficient (Wildman–Crippen LogP) is 2.54. The van der Waals surface area contributed by atoms with Crippen LogP contribution in [0.3, 0.4) is 0 Å². The van der Waals surface area contributed by atoms with E-state index in [1.165, 1.54) is 0 Å². The molecule has 0 atom stereocenters. The summed E-state index contributed by atoms with van der Waals surface area (Å²) >= 11 is 6.08. The second-order valence-corrected chi connectivity index (χ2v) is 5.01. The molecule has 0 radical (unpaired) electrons. The van der Waals surface area contributed by atoms with Crippen molar-refractivity contribution >= 4 is 11.6 Å². The highest BCUT2D eigenvalue weighted by atomic mass is 35.5. The highest BCUT2D eigenvalue weighted by Crippen LogP contribution is 2.38. The molecule has 5 nitrogen and oxygen atoms in total. The van der Waals surface area contributed by atoms with Crippen LogP contribution in [0, 0.1) is 0 Å². The van der Waals surface area contributed by atoms with Gasteiger partial charge in [-0.2, -0.15) is 0 Å². The van der Waals surface area contributed by atoms with Gasteiger partial charge in [-0.3, -0.25) is 4.98 Å². The molecule has 1 aliphatic rings. The summed E-state index contributed by atoms with van der Waals surface area (Å²) in [5.74, 6) is 2.15. The van der Waals surface area contributed by atoms with E-state index < -0.39 is 0 Å². The number of pyridine rings is 1. The fourth-order valence-corrected chi connectivity index (χ4v) is 2.30. The first-order valence-electron chi connectivity index (χ1n) is 6.61. The van der Waals surface area contributed by atoms with Crippen molar-refractivity contribution in [2.45, 2.75) is 13.0 Å². The Morgan fingerprint density at radius 2 is 2.05 bits per heavy atom. The van der Waals surface area contributed by atoms with E-state index >= 15 is 0 Å². The first kappa shape index (κ1) is 14.0. The number of hydrogen-bond acceptors (Lipinski definition) is 5. The van der Waals surface area contributed by atoms with E-state index in [-0.39, 0.29) is 6.79 Å². The Morgan fingerprint density at radius 3 is 2.81 bits per heavy atom. The van der Waals surface area contributed by atoms with E-state index in [0.29, 0.717) is 30.3 Å². The topological polar surface area (TPSA) is 66.6 Å². The average molecular weight is 307 g/mol. The minimum Gasteiger partial charge on any atom is -0.488 e. The fourth-order valence-electron chi connectivity index (χ4n) is 2.13. The van der Waals surface area contributed by atoms with Crippen LogP contribution in [0.5, 0.6) is 17.2 Å². The lowest BCUT2D eigenvalue weighted by atomic mass is 10.1. The summed E-state index contributed by atoms with van der Waals surface area (Å²) in [5.41, 5.74) is 7.52. The molecule has 1 aliphatic heterocycles. The van der Waals surface area contributed by atoms with Crippen LogP contribution in [0.2, 0.25) is 5.02 Å². The largest absolute Gasteiger partial charge is 0.488 e. The SMILES string of the molecule is NCCc1cc2c(cc1OCc1ccncc1Cl)OCO2. The maximum absolute atomic E-state index is 6.08. The van der Waals surface area contributed by atoms with E-state index in [9.17, 15) is 0 Å². The maximum atomic E-state index is 6.08. The first-order valence-corrected chi connectivity index (χ1v) is 6.99. The zero-order chi connectivity index (χ0) is 14.7. The van der Waals surface area contributed by atoms with Gasteiger partial charge in [0, 0.05) is 24.0 Å². The molecule has 0 saturated heterocycles. The molecule has 2 aromatic rings. The van der Waals surface area contributed by atoms with E-state index in [1.54, 1.807) is 12.4 Å². The van der Waals surface area contributed by atoms with Crippen molar-refractivity contribution < 1.29 is 14.2 Å². The lowest BCUT2D eigenvalue weighted by Crippen LogP contribution is -2.06. The molecule has 0 amide bonds. The number of nitrogens with zero attached hydrogens (tertiary/aromatic N) is 1. The monoisotopic (exact) mass is 306 g/mol. The number of nitrogens with two attached hydrogens (primary N) is 1. The molecule has 0 spiro atoms. The average Bonchev–Trinajstić information content (AvgIpc) is 2.94. The van der Waals surface area contributed by atoms with Gasteiger partial charge in [0.05, 0.1) is 5.02 Å². The third kappa shape index (κ3) is 3.04. The van der Waals surface area contributed by atoms with Gasteiger partial charge < -0.3 is 19.9 Å². The summed E-state index contributed by atoms with van der Waals surface area (Å²) in [6, 6.07) is 5.58. The van der Waals surface area contributed by atoms with Crippen molar-refractivity contribution in [3.05, 3.63) is 46.7 Å². The molecule has 0 saturated carbocycles. The van der Waals surface area contributed by atoms with Gasteiger partial charge in [-0.05, 0) is 30.7 Å². The Morgan fingerprint density at radius 1 is 1.24 bits per heavy atom. The second kappa shape index (κ2) is 6.20. The van der Waals surface area contributed by atoms with Gasteiger partial charge >= 0.3 is 0 Å². The van der Waals surface area contributed by atoms with Crippen molar-refractivity contribution in [2.75, 3.05) is 13.3 Å². The Balaban J connectivity index is 1.82. The molecule has 0 unspecified atom stereocenters. The summed E-state index contributed by atoms with van der Waals surface area (Å²) in [5, 5.41) is 0.582. The summed E-state index contributed by atoms with van der Waals surface area (Å²) in [7, 11) is 0. The third-order valence-electron chi connectivity index (χ3n) is 3.21. The minimum atomic E-state index is 0.233. The number of ether oxygens (including phenoxy) is 3. The second-order valence-electron chi connectivity index (χ2n) is 4.61. The van der Waals surface area contributed by atoms with Crippen LogP contribution in [0.4, 0.5) is 0 Å². The minimum absolute atomic E-state index is 0.233. The molecule has 110 valence electrons. The van der Waals surface area contributed by atoms with Crippen LogP contribution in [0.25, 0.3) is 0 Å². The molecule has 0 aliphatic carbocycles. The van der Waals surface area contributed by atoms with Crippen LogP contribution >= 0.6 is 11.6 Å². The van der Waals surface area contributed by atoms with Crippen molar-refractivity contribution in [3.8, 4) is 17.2 Å². The van der Waals surface area contributed by atoms with E-state index in [1.807, 2.05) is 18.2 Å². The highest BCUT2D eigenvalue weighted by Gasteiger charge is 2.18. The number of hydrogen-bond donors (Lipinski definition) is 1. The van der Waals surface area contributed by atoms with E-state index in [0.717, 1.165) is 22.6 Å². The maximum Gasteiger partial charge on any atom is 0.231 e. The Kier molecular flexibility index (Phi) is 4.13. The van der Waals surface area contributed by atoms with Gasteiger partial charge in [-0.15, -0.1) is 0 Å². The van der Waals surface area contributed by atoms with Crippen LogP contribution < -0.4 is 19.9 Å². The van der Waals surface area contributed by atoms with Crippen LogP contribution in [-0.2, 0) is 13.0 Å². The zero-order valence-corrected chi connectivity index (χ0v) is 12.1. The fraction of sp³-hybridized carbons (Fsp3) is 0.267. The zero-order valence-electron chi connectivity index (χ0n) is 11.3. The van der Waals surface area contributed by atoms with Crippen molar-refractivity contribution in [2.24, 2.45) is 5.73 Å². The molecule has 21 heavy (non-hydrogen) atoms. The number of rotatable bonds is 5. The Labute approximate surface area is 127 Å². The summed E-state index contributed by atoms with van der Waals surface area (Å²) in [6.45, 7) is 1.13. The van der Waals surface area contributed by atoms with Gasteiger partial charge in [0.15, 0.2) is 11.5 Å². The normalized spacial score (nSPS) is 12.5. The number of benzene rings is 1. The molecule has 0 bridgehead atoms. The quantitative estimate of drug-likeness (QED) is 0.919. The van der Waals surface area contributed by atoms with Crippen LogP contribution in [0.15, 0.2) is 30.6 Å². The van der Waals surface area contributed by atoms with Gasteiger partial charge in [-0.1, -0.05) is 11.6 Å². The Hall–Kier alpha value is -1.98. The lowest BCUT2D eigenvalue weighted by Gasteiger charge is -2.13. The molecule has 6 heteroatoms. The molecule has 1 aromatic carbocycles. The third-order valence-corrected chi connectivity index (χ3v) is 3.55. The van der Waals surface area contributed by atoms with Crippen molar-refractivity contribution in [1.82, 2.24) is 4.98 Å². The lowest BCUT2D eigenvalue weighted by molar-refractivity contribution is 0.173. The standard InChI is InChI=1S/C15H15ClN2O3/c16-12-7-18-4-2-11(12)8-19-13-6-15-14(20-9-21-15)5-10(13)1-3-17/h2,4-7H,1,3,8-9,17H2. The number of aromatic nitrogens is 1. The van der Waals surface area contributed by atoms with Gasteiger partial charge in [0.1, 0.15) is 12.4 Å². The molecule has 3 rings (SSSR count). The first-order chi connectivity index (χ1) is 10.3. The van der Waals surface area contributed by atoms with Crippen LogP contribution in [-0.4, -0.2) is 18.3 Å². The molecule has 2 heterocycles. The number of fused-ring (bicyclic) bond motifs is 1. The van der Waals surface area contributed by atoms with E-state index in [2.05, 4.69) is 4.98 Å². The summed E-state index contributed by atoms with van der Waals surface area (Å²) < 4.78 is 16.6. The van der Waals surface area contributed by atoms with Gasteiger partial charge in [0.2, 0.25) is 6.79 Å². The Bertz CT molecular complexity index is 649. The molecular weight excluding hydrogens is 292 g/mol. The van der Waals surface area contributed by atoms with Crippen molar-refractivity contribution in [1.29, 1.82) is 0 Å². The van der Waals surface area contributed by atoms with Crippen molar-refractivity contribution in [3.63, 3.8) is 0 Å². The highest BCUT2D eigenvalue weighted by molar-refractivity contribution is 6.31. The summed E-state index contributed by atoms with van der Waals surface area (Å²) in [6.07, 6.45) is 3.99. The molecule has 0 fully saturated rings. The molecular formula is C15H15ClN2O3. The van der Waals surface area contributed by atoms with Gasteiger partial charge in [-0.25, -0.2) is 0 Å². The molecule has 2 N–H and O–H groups in total. The smallest absolute Gasteiger partial charge is 0.231 e.